The van der Waals surface area contributed by atoms with Gasteiger partial charge in [-0.2, -0.15) is 0 Å². The first-order chi connectivity index (χ1) is 23.4. The molecule has 4 aromatic rings. The smallest absolute Gasteiger partial charge is 0.343 e. The van der Waals surface area contributed by atoms with E-state index in [0.717, 1.165) is 47.1 Å². The molecule has 8 nitrogen and oxygen atoms in total. The van der Waals surface area contributed by atoms with Crippen molar-refractivity contribution in [2.24, 2.45) is 0 Å². The second kappa shape index (κ2) is 19.1. The summed E-state index contributed by atoms with van der Waals surface area (Å²) in [5.74, 6) is 0.835. The molecule has 0 heterocycles. The molecule has 0 saturated carbocycles. The minimum atomic E-state index is -0.456. The van der Waals surface area contributed by atoms with E-state index in [9.17, 15) is 14.4 Å². The van der Waals surface area contributed by atoms with E-state index in [0.29, 0.717) is 49.7 Å². The zero-order chi connectivity index (χ0) is 34.0. The molecule has 4 rings (SSSR count). The van der Waals surface area contributed by atoms with E-state index in [2.05, 4.69) is 17.4 Å². The van der Waals surface area contributed by atoms with Crippen molar-refractivity contribution >= 4 is 30.1 Å². The molecule has 48 heavy (non-hydrogen) atoms. The van der Waals surface area contributed by atoms with E-state index in [-0.39, 0.29) is 18.4 Å². The van der Waals surface area contributed by atoms with Crippen LogP contribution in [0, 0.1) is 0 Å². The Hall–Kier alpha value is -5.63. The van der Waals surface area contributed by atoms with Crippen LogP contribution >= 0.6 is 0 Å². The van der Waals surface area contributed by atoms with E-state index in [1.165, 1.54) is 0 Å². The molecule has 0 N–H and O–H groups in total. The van der Waals surface area contributed by atoms with Gasteiger partial charge in [0.05, 0.1) is 31.6 Å². The molecule has 0 aliphatic rings. The number of carbonyl (C=O) groups is 3. The van der Waals surface area contributed by atoms with Gasteiger partial charge in [-0.3, -0.25) is 9.59 Å². The first-order valence-corrected chi connectivity index (χ1v) is 16.0. The van der Waals surface area contributed by atoms with Gasteiger partial charge in [-0.1, -0.05) is 74.2 Å². The summed E-state index contributed by atoms with van der Waals surface area (Å²) < 4.78 is 26.7. The molecular weight excluding hydrogens is 608 g/mol. The third-order valence-electron chi connectivity index (χ3n) is 7.12. The Morgan fingerprint density at radius 3 is 1.69 bits per heavy atom. The van der Waals surface area contributed by atoms with Gasteiger partial charge in [0.25, 0.3) is 0 Å². The molecule has 0 unspecified atom stereocenters. The molecular formula is C40H40O8. The standard InChI is InChI=1S/C40H40O8/c1-3-38(41)47-28-6-5-27-45-35-21-13-31(14-22-35)10-9-30-11-15-32(16-12-30)33-17-19-34(20-18-33)40(43)48-37-25-23-36(24-26-37)46-29-7-8-39(42)44-4-2/h4,9-26H,2-3,5-8,27-29H2,1H3. The topological polar surface area (TPSA) is 97.4 Å². The van der Waals surface area contributed by atoms with Crippen LogP contribution in [0.25, 0.3) is 23.3 Å². The maximum Gasteiger partial charge on any atom is 0.343 e. The first-order valence-electron chi connectivity index (χ1n) is 16.0. The summed E-state index contributed by atoms with van der Waals surface area (Å²) in [6.07, 6.45) is 7.96. The molecule has 248 valence electrons. The summed E-state index contributed by atoms with van der Waals surface area (Å²) >= 11 is 0. The summed E-state index contributed by atoms with van der Waals surface area (Å²) in [5, 5.41) is 0. The van der Waals surface area contributed by atoms with Crippen LogP contribution in [0.2, 0.25) is 0 Å². The number of hydrogen-bond acceptors (Lipinski definition) is 8. The summed E-state index contributed by atoms with van der Waals surface area (Å²) in [4.78, 5) is 35.2. The third-order valence-corrected chi connectivity index (χ3v) is 7.12. The van der Waals surface area contributed by atoms with E-state index >= 15 is 0 Å². The van der Waals surface area contributed by atoms with E-state index in [1.807, 2.05) is 66.7 Å². The van der Waals surface area contributed by atoms with Crippen LogP contribution in [0.4, 0.5) is 0 Å². The van der Waals surface area contributed by atoms with Gasteiger partial charge >= 0.3 is 17.9 Å². The minimum Gasteiger partial charge on any atom is -0.494 e. The molecule has 0 atom stereocenters. The van der Waals surface area contributed by atoms with Gasteiger partial charge in [-0.25, -0.2) is 4.79 Å². The second-order valence-electron chi connectivity index (χ2n) is 10.7. The highest BCUT2D eigenvalue weighted by atomic mass is 16.5. The quantitative estimate of drug-likeness (QED) is 0.0348. The fraction of sp³-hybridized carbons (Fsp3) is 0.225. The van der Waals surface area contributed by atoms with Crippen molar-refractivity contribution in [2.75, 3.05) is 19.8 Å². The summed E-state index contributed by atoms with van der Waals surface area (Å²) in [6, 6.07) is 30.1. The highest BCUT2D eigenvalue weighted by molar-refractivity contribution is 5.91. The van der Waals surface area contributed by atoms with Gasteiger partial charge in [-0.15, -0.1) is 0 Å². The van der Waals surface area contributed by atoms with Gasteiger partial charge in [0.2, 0.25) is 0 Å². The number of rotatable bonds is 18. The van der Waals surface area contributed by atoms with Crippen LogP contribution in [-0.4, -0.2) is 37.7 Å². The zero-order valence-corrected chi connectivity index (χ0v) is 27.1. The molecule has 4 aromatic carbocycles. The van der Waals surface area contributed by atoms with E-state index in [1.54, 1.807) is 43.3 Å². The van der Waals surface area contributed by atoms with Crippen LogP contribution < -0.4 is 14.2 Å². The first kappa shape index (κ1) is 35.2. The average molecular weight is 649 g/mol. The number of unbranched alkanes of at least 4 members (excludes halogenated alkanes) is 1. The van der Waals surface area contributed by atoms with Gasteiger partial charge in [0, 0.05) is 12.8 Å². The Kier molecular flexibility index (Phi) is 14.0. The van der Waals surface area contributed by atoms with Crippen molar-refractivity contribution in [1.82, 2.24) is 0 Å². The maximum atomic E-state index is 12.7. The molecule has 0 aliphatic carbocycles. The van der Waals surface area contributed by atoms with Gasteiger partial charge in [0.15, 0.2) is 0 Å². The van der Waals surface area contributed by atoms with Crippen LogP contribution in [0.15, 0.2) is 110 Å². The van der Waals surface area contributed by atoms with Crippen LogP contribution in [0.3, 0.4) is 0 Å². The van der Waals surface area contributed by atoms with Crippen molar-refractivity contribution < 1.29 is 38.1 Å². The Bertz CT molecular complexity index is 1640. The lowest BCUT2D eigenvalue weighted by molar-refractivity contribution is -0.143. The number of esters is 3. The van der Waals surface area contributed by atoms with E-state index in [4.69, 9.17) is 18.9 Å². The molecule has 0 bridgehead atoms. The Balaban J connectivity index is 1.20. The third kappa shape index (κ3) is 11.9. The Morgan fingerprint density at radius 1 is 0.604 bits per heavy atom. The lowest BCUT2D eigenvalue weighted by Gasteiger charge is -2.08. The van der Waals surface area contributed by atoms with Crippen LogP contribution in [0.1, 0.15) is 60.5 Å². The molecule has 0 amide bonds. The Morgan fingerprint density at radius 2 is 1.10 bits per heavy atom. The minimum absolute atomic E-state index is 0.171. The van der Waals surface area contributed by atoms with E-state index < -0.39 is 5.97 Å². The molecule has 0 saturated heterocycles. The normalized spacial score (nSPS) is 10.7. The fourth-order valence-corrected chi connectivity index (χ4v) is 4.46. The van der Waals surface area contributed by atoms with Crippen LogP contribution in [-0.2, 0) is 19.1 Å². The number of ether oxygens (including phenoxy) is 5. The molecule has 0 spiro atoms. The van der Waals surface area contributed by atoms with Crippen molar-refractivity contribution in [3.8, 4) is 28.4 Å². The average Bonchev–Trinajstić information content (AvgIpc) is 3.12. The predicted octanol–water partition coefficient (Wildman–Crippen LogP) is 8.70. The van der Waals surface area contributed by atoms with Crippen LogP contribution in [0.5, 0.6) is 17.2 Å². The van der Waals surface area contributed by atoms with Crippen molar-refractivity contribution in [1.29, 1.82) is 0 Å². The highest BCUT2D eigenvalue weighted by Crippen LogP contribution is 2.23. The molecule has 0 radical (unpaired) electrons. The number of carbonyl (C=O) groups excluding carboxylic acids is 3. The molecule has 0 fully saturated rings. The van der Waals surface area contributed by atoms with Gasteiger partial charge in [-0.05, 0) is 90.0 Å². The van der Waals surface area contributed by atoms with Crippen molar-refractivity contribution in [3.63, 3.8) is 0 Å². The summed E-state index contributed by atoms with van der Waals surface area (Å²) in [7, 11) is 0. The molecule has 0 aromatic heterocycles. The SMILES string of the molecule is C=COC(=O)CCCOc1ccc(OC(=O)c2ccc(-c3ccc(C=Cc4ccc(OCCCCOC(=O)CC)cc4)cc3)cc2)cc1. The van der Waals surface area contributed by atoms with Crippen molar-refractivity contribution in [2.45, 2.75) is 39.0 Å². The number of benzene rings is 4. The van der Waals surface area contributed by atoms with Gasteiger partial charge < -0.3 is 23.7 Å². The highest BCUT2D eigenvalue weighted by Gasteiger charge is 2.10. The summed E-state index contributed by atoms with van der Waals surface area (Å²) in [6.45, 7) is 6.49. The lowest BCUT2D eigenvalue weighted by atomic mass is 10.0. The predicted molar refractivity (Wildman–Crippen MR) is 186 cm³/mol. The Labute approximate surface area is 281 Å². The zero-order valence-electron chi connectivity index (χ0n) is 27.1. The maximum absolute atomic E-state index is 12.7. The van der Waals surface area contributed by atoms with Gasteiger partial charge in [0.1, 0.15) is 17.2 Å². The fourth-order valence-electron chi connectivity index (χ4n) is 4.46. The second-order valence-corrected chi connectivity index (χ2v) is 10.7. The van der Waals surface area contributed by atoms with Crippen molar-refractivity contribution in [3.05, 3.63) is 127 Å². The summed E-state index contributed by atoms with van der Waals surface area (Å²) in [5.41, 5.74) is 4.58. The number of hydrogen-bond donors (Lipinski definition) is 0. The molecule has 8 heteroatoms. The molecule has 0 aliphatic heterocycles. The largest absolute Gasteiger partial charge is 0.494 e. The monoisotopic (exact) mass is 648 g/mol. The lowest BCUT2D eigenvalue weighted by Crippen LogP contribution is -2.08.